The largest absolute Gasteiger partial charge is 0.345 e. The van der Waals surface area contributed by atoms with Crippen molar-refractivity contribution in [3.63, 3.8) is 0 Å². The first kappa shape index (κ1) is 16.2. The molecule has 0 saturated carbocycles. The Bertz CT molecular complexity index is 841. The number of aromatic nitrogens is 2. The molecule has 1 atom stereocenters. The number of fused-ring (bicyclic) bond motifs is 1. The van der Waals surface area contributed by atoms with Gasteiger partial charge < -0.3 is 5.32 Å². The van der Waals surface area contributed by atoms with Crippen molar-refractivity contribution in [3.05, 3.63) is 48.0 Å². The SMILES string of the molecule is Cc1nn(C)c(=O)c(C(=O)NC2CCCc3sc(Cl)cc32)c1C. The highest BCUT2D eigenvalue weighted by atomic mass is 35.5. The number of aryl methyl sites for hydroxylation is 3. The van der Waals surface area contributed by atoms with Crippen molar-refractivity contribution in [1.82, 2.24) is 15.1 Å². The number of amides is 1. The van der Waals surface area contributed by atoms with Crippen LogP contribution in [-0.4, -0.2) is 15.7 Å². The van der Waals surface area contributed by atoms with Gasteiger partial charge in [-0.1, -0.05) is 11.6 Å². The van der Waals surface area contributed by atoms with Crippen LogP contribution in [0.2, 0.25) is 4.34 Å². The number of hydrogen-bond donors (Lipinski definition) is 1. The molecule has 2 aromatic rings. The standard InChI is InChI=1S/C16H18ClN3O2S/c1-8-9(2)19-20(3)16(22)14(8)15(21)18-11-5-4-6-12-10(11)7-13(17)23-12/h7,11H,4-6H2,1-3H3,(H,18,21). The summed E-state index contributed by atoms with van der Waals surface area (Å²) < 4.78 is 1.95. The van der Waals surface area contributed by atoms with Gasteiger partial charge in [0.2, 0.25) is 0 Å². The van der Waals surface area contributed by atoms with E-state index in [-0.39, 0.29) is 23.1 Å². The van der Waals surface area contributed by atoms with E-state index in [0.29, 0.717) is 11.3 Å². The van der Waals surface area contributed by atoms with E-state index in [1.807, 2.05) is 6.07 Å². The minimum absolute atomic E-state index is 0.0902. The third-order valence-corrected chi connectivity index (χ3v) is 5.68. The van der Waals surface area contributed by atoms with Crippen molar-refractivity contribution in [3.8, 4) is 0 Å². The Morgan fingerprint density at radius 3 is 2.96 bits per heavy atom. The maximum Gasteiger partial charge on any atom is 0.279 e. The van der Waals surface area contributed by atoms with Crippen LogP contribution in [0, 0.1) is 13.8 Å². The fourth-order valence-electron chi connectivity index (χ4n) is 3.02. The summed E-state index contributed by atoms with van der Waals surface area (Å²) in [7, 11) is 1.56. The van der Waals surface area contributed by atoms with Crippen LogP contribution in [0.1, 0.15) is 50.9 Å². The van der Waals surface area contributed by atoms with E-state index in [1.165, 1.54) is 9.56 Å². The number of rotatable bonds is 2. The van der Waals surface area contributed by atoms with Crippen LogP contribution in [0.3, 0.4) is 0 Å². The second kappa shape index (κ2) is 6.09. The van der Waals surface area contributed by atoms with E-state index < -0.39 is 0 Å². The van der Waals surface area contributed by atoms with Gasteiger partial charge in [-0.15, -0.1) is 11.3 Å². The summed E-state index contributed by atoms with van der Waals surface area (Å²) in [6, 6.07) is 1.83. The lowest BCUT2D eigenvalue weighted by Gasteiger charge is -2.24. The Morgan fingerprint density at radius 1 is 1.48 bits per heavy atom. The smallest absolute Gasteiger partial charge is 0.279 e. The van der Waals surface area contributed by atoms with Gasteiger partial charge in [-0.25, -0.2) is 4.68 Å². The zero-order valence-corrected chi connectivity index (χ0v) is 14.8. The molecule has 1 unspecified atom stereocenters. The average Bonchev–Trinajstić information content (AvgIpc) is 2.87. The summed E-state index contributed by atoms with van der Waals surface area (Å²) in [6.45, 7) is 3.55. The van der Waals surface area contributed by atoms with Gasteiger partial charge >= 0.3 is 0 Å². The predicted octanol–water partition coefficient (Wildman–Crippen LogP) is 2.92. The Hall–Kier alpha value is -1.66. The lowest BCUT2D eigenvalue weighted by atomic mass is 9.93. The lowest BCUT2D eigenvalue weighted by Crippen LogP contribution is -2.37. The zero-order valence-electron chi connectivity index (χ0n) is 13.3. The second-order valence-electron chi connectivity index (χ2n) is 5.86. The molecule has 0 fully saturated rings. The van der Waals surface area contributed by atoms with Crippen molar-refractivity contribution in [2.75, 3.05) is 0 Å². The van der Waals surface area contributed by atoms with E-state index >= 15 is 0 Å². The quantitative estimate of drug-likeness (QED) is 0.904. The molecule has 0 aliphatic heterocycles. The maximum absolute atomic E-state index is 12.7. The first-order valence-electron chi connectivity index (χ1n) is 7.52. The van der Waals surface area contributed by atoms with Gasteiger partial charge in [0, 0.05) is 11.9 Å². The molecule has 0 bridgehead atoms. The van der Waals surface area contributed by atoms with E-state index in [9.17, 15) is 9.59 Å². The molecule has 1 N–H and O–H groups in total. The minimum atomic E-state index is -0.370. The molecule has 0 saturated heterocycles. The van der Waals surface area contributed by atoms with Gasteiger partial charge in [-0.3, -0.25) is 9.59 Å². The van der Waals surface area contributed by atoms with Gasteiger partial charge in [0.25, 0.3) is 11.5 Å². The normalized spacial score (nSPS) is 17.0. The van der Waals surface area contributed by atoms with Gasteiger partial charge in [0.15, 0.2) is 0 Å². The monoisotopic (exact) mass is 351 g/mol. The van der Waals surface area contributed by atoms with Gasteiger partial charge in [-0.05, 0) is 50.3 Å². The molecule has 7 heteroatoms. The molecule has 1 aliphatic carbocycles. The summed E-state index contributed by atoms with van der Waals surface area (Å²) in [5.74, 6) is -0.339. The topological polar surface area (TPSA) is 64.0 Å². The van der Waals surface area contributed by atoms with Crippen LogP contribution in [-0.2, 0) is 13.5 Å². The van der Waals surface area contributed by atoms with E-state index in [2.05, 4.69) is 10.4 Å². The molecule has 0 aromatic carbocycles. The van der Waals surface area contributed by atoms with Crippen molar-refractivity contribution >= 4 is 28.8 Å². The number of nitrogens with zero attached hydrogens (tertiary/aromatic N) is 2. The molecule has 1 aliphatic rings. The molecule has 3 rings (SSSR count). The highest BCUT2D eigenvalue weighted by molar-refractivity contribution is 7.16. The van der Waals surface area contributed by atoms with Crippen molar-refractivity contribution < 1.29 is 4.79 Å². The molecule has 2 heterocycles. The van der Waals surface area contributed by atoms with Crippen molar-refractivity contribution in [2.24, 2.45) is 7.05 Å². The third kappa shape index (κ3) is 2.93. The van der Waals surface area contributed by atoms with Crippen LogP contribution in [0.4, 0.5) is 0 Å². The van der Waals surface area contributed by atoms with Gasteiger partial charge in [0.1, 0.15) is 5.56 Å². The third-order valence-electron chi connectivity index (χ3n) is 4.34. The summed E-state index contributed by atoms with van der Waals surface area (Å²) in [4.78, 5) is 26.2. The molecule has 0 radical (unpaired) electrons. The molecule has 122 valence electrons. The molecule has 23 heavy (non-hydrogen) atoms. The summed E-state index contributed by atoms with van der Waals surface area (Å²) >= 11 is 7.67. The molecule has 1 amide bonds. The molecule has 0 spiro atoms. The number of nitrogens with one attached hydrogen (secondary N) is 1. The predicted molar refractivity (Wildman–Crippen MR) is 91.4 cm³/mol. The van der Waals surface area contributed by atoms with Crippen LogP contribution in [0.25, 0.3) is 0 Å². The molecular formula is C16H18ClN3O2S. The van der Waals surface area contributed by atoms with E-state index in [1.54, 1.807) is 32.2 Å². The van der Waals surface area contributed by atoms with Crippen molar-refractivity contribution in [2.45, 2.75) is 39.2 Å². The number of hydrogen-bond acceptors (Lipinski definition) is 4. The zero-order chi connectivity index (χ0) is 16.7. The maximum atomic E-state index is 12.7. The fraction of sp³-hybridized carbons (Fsp3) is 0.438. The molecule has 2 aromatic heterocycles. The van der Waals surface area contributed by atoms with Crippen LogP contribution >= 0.6 is 22.9 Å². The van der Waals surface area contributed by atoms with Crippen LogP contribution in [0.15, 0.2) is 10.9 Å². The Kier molecular flexibility index (Phi) is 4.29. The number of carbonyl (C=O) groups excluding carboxylic acids is 1. The summed E-state index contributed by atoms with van der Waals surface area (Å²) in [5.41, 5.74) is 2.20. The minimum Gasteiger partial charge on any atom is -0.345 e. The first-order valence-corrected chi connectivity index (χ1v) is 8.71. The summed E-state index contributed by atoms with van der Waals surface area (Å²) in [5, 5.41) is 7.12. The Balaban J connectivity index is 1.94. The fourth-order valence-corrected chi connectivity index (χ4v) is 4.40. The highest BCUT2D eigenvalue weighted by Gasteiger charge is 2.26. The van der Waals surface area contributed by atoms with E-state index in [0.717, 1.165) is 29.2 Å². The Labute approximate surface area is 143 Å². The molecular weight excluding hydrogens is 334 g/mol. The number of halogens is 1. The average molecular weight is 352 g/mol. The lowest BCUT2D eigenvalue weighted by molar-refractivity contribution is 0.0929. The van der Waals surface area contributed by atoms with Gasteiger partial charge in [-0.2, -0.15) is 5.10 Å². The Morgan fingerprint density at radius 2 is 2.22 bits per heavy atom. The van der Waals surface area contributed by atoms with Crippen LogP contribution < -0.4 is 10.9 Å². The van der Waals surface area contributed by atoms with E-state index in [4.69, 9.17) is 11.6 Å². The first-order chi connectivity index (χ1) is 10.9. The van der Waals surface area contributed by atoms with Crippen LogP contribution in [0.5, 0.6) is 0 Å². The van der Waals surface area contributed by atoms with Gasteiger partial charge in [0.05, 0.1) is 16.1 Å². The molecule has 5 nitrogen and oxygen atoms in total. The number of thiophene rings is 1. The van der Waals surface area contributed by atoms with Crippen molar-refractivity contribution in [1.29, 1.82) is 0 Å². The highest BCUT2D eigenvalue weighted by Crippen LogP contribution is 2.37. The number of carbonyl (C=O) groups is 1. The second-order valence-corrected chi connectivity index (χ2v) is 7.63. The summed E-state index contributed by atoms with van der Waals surface area (Å²) in [6.07, 6.45) is 2.85.